The molecule has 3 heterocycles. The molecule has 3 rings (SSSR count). The summed E-state index contributed by atoms with van der Waals surface area (Å²) in [6.07, 6.45) is 2.51. The van der Waals surface area contributed by atoms with Crippen molar-refractivity contribution in [1.82, 2.24) is 9.80 Å². The van der Waals surface area contributed by atoms with E-state index in [0.29, 0.717) is 25.8 Å². The van der Waals surface area contributed by atoms with Gasteiger partial charge in [-0.15, -0.1) is 6.58 Å². The first-order valence-electron chi connectivity index (χ1n) is 10.00. The Bertz CT molecular complexity index is 676. The van der Waals surface area contributed by atoms with Gasteiger partial charge in [-0.1, -0.05) is 13.0 Å². The molecule has 3 aliphatic rings. The number of aliphatic hydroxyl groups is 1. The molecule has 0 aliphatic carbocycles. The van der Waals surface area contributed by atoms with Crippen LogP contribution in [-0.2, 0) is 19.1 Å². The summed E-state index contributed by atoms with van der Waals surface area (Å²) in [6, 6.07) is -1.61. The number of aliphatic carboxylic acids is 1. The fourth-order valence-corrected chi connectivity index (χ4v) is 5.31. The Morgan fingerprint density at radius 1 is 1.46 bits per heavy atom. The van der Waals surface area contributed by atoms with Crippen molar-refractivity contribution < 1.29 is 29.3 Å². The third kappa shape index (κ3) is 2.76. The number of nitrogens with zero attached hydrogens (tertiary/aromatic N) is 2. The van der Waals surface area contributed by atoms with Crippen molar-refractivity contribution in [1.29, 1.82) is 0 Å². The minimum absolute atomic E-state index is 0.124. The van der Waals surface area contributed by atoms with E-state index in [1.807, 2.05) is 20.8 Å². The number of ether oxygens (including phenoxy) is 1. The number of hydrogen-bond acceptors (Lipinski definition) is 5. The van der Waals surface area contributed by atoms with E-state index in [2.05, 4.69) is 6.58 Å². The monoisotopic (exact) mass is 394 g/mol. The fraction of sp³-hybridized carbons (Fsp3) is 0.750. The summed E-state index contributed by atoms with van der Waals surface area (Å²) >= 11 is 0. The van der Waals surface area contributed by atoms with Crippen molar-refractivity contribution >= 4 is 17.8 Å². The number of hydrogen-bond donors (Lipinski definition) is 2. The largest absolute Gasteiger partial charge is 0.481 e. The van der Waals surface area contributed by atoms with Crippen molar-refractivity contribution in [3.63, 3.8) is 0 Å². The third-order valence-electron chi connectivity index (χ3n) is 6.56. The van der Waals surface area contributed by atoms with E-state index >= 15 is 0 Å². The van der Waals surface area contributed by atoms with Crippen molar-refractivity contribution in [2.24, 2.45) is 11.8 Å². The van der Waals surface area contributed by atoms with E-state index < -0.39 is 47.5 Å². The molecule has 3 saturated heterocycles. The van der Waals surface area contributed by atoms with E-state index in [0.717, 1.165) is 0 Å². The molecule has 0 aromatic rings. The summed E-state index contributed by atoms with van der Waals surface area (Å²) in [5, 5.41) is 19.6. The number of aliphatic hydroxyl groups excluding tert-OH is 1. The molecule has 8 nitrogen and oxygen atoms in total. The molecular formula is C20H30N2O6. The lowest BCUT2D eigenvalue weighted by Crippen LogP contribution is -2.59. The molecule has 1 spiro atoms. The van der Waals surface area contributed by atoms with E-state index in [1.54, 1.807) is 11.0 Å². The minimum atomic E-state index is -1.14. The molecule has 0 aromatic heterocycles. The third-order valence-corrected chi connectivity index (χ3v) is 6.56. The lowest BCUT2D eigenvalue weighted by molar-refractivity contribution is -0.154. The smallest absolute Gasteiger partial charge is 0.310 e. The van der Waals surface area contributed by atoms with Gasteiger partial charge < -0.3 is 24.7 Å². The molecular weight excluding hydrogens is 364 g/mol. The predicted molar refractivity (Wildman–Crippen MR) is 100 cm³/mol. The average Bonchev–Trinajstić information content (AvgIpc) is 3.28. The van der Waals surface area contributed by atoms with Crippen LogP contribution in [0.2, 0.25) is 0 Å². The van der Waals surface area contributed by atoms with Crippen LogP contribution in [0.25, 0.3) is 0 Å². The van der Waals surface area contributed by atoms with Gasteiger partial charge in [-0.2, -0.15) is 0 Å². The predicted octanol–water partition coefficient (Wildman–Crippen LogP) is 0.640. The van der Waals surface area contributed by atoms with Gasteiger partial charge in [0.05, 0.1) is 30.6 Å². The first-order chi connectivity index (χ1) is 13.2. The number of fused-ring (bicyclic) bond motifs is 1. The number of carbonyl (C=O) groups is 3. The number of carbonyl (C=O) groups excluding carboxylic acids is 2. The molecule has 0 radical (unpaired) electrons. The Morgan fingerprint density at radius 2 is 2.14 bits per heavy atom. The summed E-state index contributed by atoms with van der Waals surface area (Å²) in [5.74, 6) is -3.58. The van der Waals surface area contributed by atoms with E-state index in [9.17, 15) is 24.6 Å². The molecule has 2 bridgehead atoms. The highest BCUT2D eigenvalue weighted by atomic mass is 16.5. The van der Waals surface area contributed by atoms with E-state index in [-0.39, 0.29) is 18.6 Å². The standard InChI is InChI=1S/C20H30N2O6/c1-5-9-21(11(3)4)18(25)16-20-8-7-13(28-20)14(19(26)27)15(20)17(24)22(16)12(6-2)10-23/h5,11-16,23H,1,6-10H2,2-4H3,(H,26,27)/t12-,13-,14+,15+,16-,20+/m0/s1. The second-order valence-corrected chi connectivity index (χ2v) is 8.26. The zero-order valence-electron chi connectivity index (χ0n) is 16.7. The number of likely N-dealkylation sites (tertiary alicyclic amines) is 1. The summed E-state index contributed by atoms with van der Waals surface area (Å²) in [4.78, 5) is 42.0. The van der Waals surface area contributed by atoms with Crippen LogP contribution in [0.15, 0.2) is 12.7 Å². The van der Waals surface area contributed by atoms with Gasteiger partial charge in [0, 0.05) is 12.6 Å². The van der Waals surface area contributed by atoms with E-state index in [4.69, 9.17) is 4.74 Å². The Kier molecular flexibility index (Phi) is 5.55. The quantitative estimate of drug-likeness (QED) is 0.585. The van der Waals surface area contributed by atoms with Crippen LogP contribution in [-0.4, -0.2) is 80.8 Å². The topological polar surface area (TPSA) is 107 Å². The number of rotatable bonds is 8. The van der Waals surface area contributed by atoms with Crippen LogP contribution in [0.3, 0.4) is 0 Å². The summed E-state index contributed by atoms with van der Waals surface area (Å²) in [6.45, 7) is 9.34. The zero-order chi connectivity index (χ0) is 20.8. The van der Waals surface area contributed by atoms with Crippen molar-refractivity contribution in [3.05, 3.63) is 12.7 Å². The molecule has 2 amide bonds. The molecule has 0 unspecified atom stereocenters. The van der Waals surface area contributed by atoms with Gasteiger partial charge in [-0.05, 0) is 33.1 Å². The minimum Gasteiger partial charge on any atom is -0.481 e. The van der Waals surface area contributed by atoms with Crippen LogP contribution in [0.4, 0.5) is 0 Å². The van der Waals surface area contributed by atoms with Gasteiger partial charge in [0.1, 0.15) is 11.6 Å². The van der Waals surface area contributed by atoms with Crippen LogP contribution >= 0.6 is 0 Å². The SMILES string of the molecule is C=CCN(C(=O)[C@@H]1N([C@@H](CC)CO)C(=O)[C@H]2[C@H](C(=O)O)[C@@H]3CC[C@]12O3)C(C)C. The normalized spacial score (nSPS) is 34.6. The van der Waals surface area contributed by atoms with Crippen LogP contribution in [0.1, 0.15) is 40.0 Å². The van der Waals surface area contributed by atoms with Crippen molar-refractivity contribution in [2.45, 2.75) is 69.9 Å². The van der Waals surface area contributed by atoms with Gasteiger partial charge in [0.15, 0.2) is 0 Å². The first-order valence-corrected chi connectivity index (χ1v) is 10.00. The molecule has 28 heavy (non-hydrogen) atoms. The Hall–Kier alpha value is -1.93. The van der Waals surface area contributed by atoms with Gasteiger partial charge in [-0.3, -0.25) is 14.4 Å². The van der Waals surface area contributed by atoms with Gasteiger partial charge in [-0.25, -0.2) is 0 Å². The Balaban J connectivity index is 2.10. The highest BCUT2D eigenvalue weighted by molar-refractivity contribution is 5.98. The molecule has 3 fully saturated rings. The first kappa shape index (κ1) is 20.8. The molecule has 2 N–H and O–H groups in total. The van der Waals surface area contributed by atoms with Crippen molar-refractivity contribution in [2.75, 3.05) is 13.2 Å². The zero-order valence-corrected chi connectivity index (χ0v) is 16.7. The van der Waals surface area contributed by atoms with Gasteiger partial charge in [0.25, 0.3) is 0 Å². The number of carboxylic acids is 1. The average molecular weight is 394 g/mol. The highest BCUT2D eigenvalue weighted by Gasteiger charge is 2.75. The summed E-state index contributed by atoms with van der Waals surface area (Å²) < 4.78 is 6.14. The van der Waals surface area contributed by atoms with Gasteiger partial charge >= 0.3 is 5.97 Å². The molecule has 0 aromatic carbocycles. The van der Waals surface area contributed by atoms with Crippen LogP contribution in [0.5, 0.6) is 0 Å². The highest BCUT2D eigenvalue weighted by Crippen LogP contribution is 2.59. The Morgan fingerprint density at radius 3 is 2.64 bits per heavy atom. The molecule has 0 saturated carbocycles. The lowest BCUT2D eigenvalue weighted by atomic mass is 9.70. The molecule has 3 aliphatic heterocycles. The maximum absolute atomic E-state index is 13.6. The maximum Gasteiger partial charge on any atom is 0.310 e. The number of amides is 2. The fourth-order valence-electron chi connectivity index (χ4n) is 5.31. The van der Waals surface area contributed by atoms with Crippen LogP contribution in [0, 0.1) is 11.8 Å². The molecule has 8 heteroatoms. The lowest BCUT2D eigenvalue weighted by Gasteiger charge is -2.40. The molecule has 156 valence electrons. The molecule has 6 atom stereocenters. The maximum atomic E-state index is 13.6. The summed E-state index contributed by atoms with van der Waals surface area (Å²) in [7, 11) is 0. The number of carboxylic acid groups (broad SMARTS) is 1. The summed E-state index contributed by atoms with van der Waals surface area (Å²) in [5.41, 5.74) is -1.14. The second-order valence-electron chi connectivity index (χ2n) is 8.26. The Labute approximate surface area is 165 Å². The van der Waals surface area contributed by atoms with Crippen LogP contribution < -0.4 is 0 Å². The van der Waals surface area contributed by atoms with Crippen molar-refractivity contribution in [3.8, 4) is 0 Å². The second kappa shape index (κ2) is 7.48. The van der Waals surface area contributed by atoms with Gasteiger partial charge in [0.2, 0.25) is 11.8 Å². The van der Waals surface area contributed by atoms with E-state index in [1.165, 1.54) is 4.90 Å².